The Morgan fingerprint density at radius 3 is 2.78 bits per heavy atom. The molecule has 1 amide bonds. The number of amides is 1. The van der Waals surface area contributed by atoms with Crippen LogP contribution in [0.25, 0.3) is 0 Å². The van der Waals surface area contributed by atoms with Gasteiger partial charge in [0.25, 0.3) is 0 Å². The zero-order valence-corrected chi connectivity index (χ0v) is 5.72. The second kappa shape index (κ2) is 4.21. The van der Waals surface area contributed by atoms with E-state index in [1.165, 1.54) is 6.08 Å². The maximum atomic E-state index is 9.86. The lowest BCUT2D eigenvalue weighted by Crippen LogP contribution is -2.27. The lowest BCUT2D eigenvalue weighted by atomic mass is 10.5. The maximum Gasteiger partial charge on any atom is 0.406 e. The third-order valence-corrected chi connectivity index (χ3v) is 0.877. The highest BCUT2D eigenvalue weighted by Crippen LogP contribution is 1.91. The Hall–Kier alpha value is -0.700. The molecule has 0 aliphatic carbocycles. The Labute approximate surface area is 58.3 Å². The normalized spacial score (nSPS) is 13.6. The number of allylic oxidation sites excluding steroid dienone is 1. The summed E-state index contributed by atoms with van der Waals surface area (Å²) in [5, 5.41) is 10.1. The molecule has 0 aliphatic rings. The molecule has 0 aromatic carbocycles. The number of carbonyl (C=O) groups is 1. The van der Waals surface area contributed by atoms with Crippen LogP contribution in [0.15, 0.2) is 12.2 Å². The van der Waals surface area contributed by atoms with E-state index in [1.54, 1.807) is 13.0 Å². The fraction of sp³-hybridized carbons (Fsp3) is 0.400. The molecule has 3 nitrogen and oxygen atoms in total. The fourth-order valence-corrected chi connectivity index (χ4v) is 0.574. The van der Waals surface area contributed by atoms with Crippen molar-refractivity contribution in [3.05, 3.63) is 12.2 Å². The zero-order chi connectivity index (χ0) is 7.28. The van der Waals surface area contributed by atoms with Crippen LogP contribution < -0.4 is 5.32 Å². The molecule has 0 fully saturated rings. The van der Waals surface area contributed by atoms with Crippen molar-refractivity contribution in [1.29, 1.82) is 0 Å². The summed E-state index contributed by atoms with van der Waals surface area (Å²) in [5.74, 6) is 0. The standard InChI is InChI=1S/C5H8ClNO2/c1-2-3-4(6)7-5(8)9/h2-4,7H,1H3,(H,8,9)/b3-2+. The van der Waals surface area contributed by atoms with Crippen molar-refractivity contribution in [2.75, 3.05) is 0 Å². The van der Waals surface area contributed by atoms with Crippen LogP contribution in [0.3, 0.4) is 0 Å². The molecule has 0 rings (SSSR count). The first-order valence-electron chi connectivity index (χ1n) is 2.43. The van der Waals surface area contributed by atoms with Crippen LogP contribution in [0.5, 0.6) is 0 Å². The predicted molar refractivity (Wildman–Crippen MR) is 35.6 cm³/mol. The van der Waals surface area contributed by atoms with Crippen molar-refractivity contribution in [2.24, 2.45) is 0 Å². The van der Waals surface area contributed by atoms with Gasteiger partial charge in [0.05, 0.1) is 0 Å². The average molecular weight is 150 g/mol. The van der Waals surface area contributed by atoms with Gasteiger partial charge in [0.15, 0.2) is 0 Å². The van der Waals surface area contributed by atoms with E-state index in [-0.39, 0.29) is 0 Å². The van der Waals surface area contributed by atoms with Crippen molar-refractivity contribution in [3.8, 4) is 0 Å². The molecule has 1 unspecified atom stereocenters. The lowest BCUT2D eigenvalue weighted by molar-refractivity contribution is 0.194. The molecule has 9 heavy (non-hydrogen) atoms. The van der Waals surface area contributed by atoms with Crippen LogP contribution in [0, 0.1) is 0 Å². The Balaban J connectivity index is 3.50. The highest BCUT2D eigenvalue weighted by atomic mass is 35.5. The van der Waals surface area contributed by atoms with E-state index in [0.717, 1.165) is 0 Å². The van der Waals surface area contributed by atoms with Crippen LogP contribution in [0.4, 0.5) is 4.79 Å². The number of nitrogens with one attached hydrogen (secondary N) is 1. The van der Waals surface area contributed by atoms with E-state index in [4.69, 9.17) is 16.7 Å². The number of hydrogen-bond acceptors (Lipinski definition) is 1. The molecule has 0 aromatic heterocycles. The first kappa shape index (κ1) is 8.30. The average Bonchev–Trinajstić information content (AvgIpc) is 1.63. The van der Waals surface area contributed by atoms with Gasteiger partial charge in [-0.3, -0.25) is 0 Å². The highest BCUT2D eigenvalue weighted by molar-refractivity contribution is 6.22. The first-order valence-corrected chi connectivity index (χ1v) is 2.87. The minimum absolute atomic E-state index is 0.618. The van der Waals surface area contributed by atoms with Crippen LogP contribution in [0.2, 0.25) is 0 Å². The van der Waals surface area contributed by atoms with Crippen LogP contribution >= 0.6 is 11.6 Å². The minimum Gasteiger partial charge on any atom is -0.465 e. The summed E-state index contributed by atoms with van der Waals surface area (Å²) < 4.78 is 0. The van der Waals surface area contributed by atoms with E-state index in [1.807, 2.05) is 5.32 Å². The summed E-state index contributed by atoms with van der Waals surface area (Å²) in [5.41, 5.74) is -0.618. The van der Waals surface area contributed by atoms with Crippen molar-refractivity contribution in [2.45, 2.75) is 12.4 Å². The molecule has 4 heteroatoms. The molecular formula is C5H8ClNO2. The molecule has 0 saturated heterocycles. The van der Waals surface area contributed by atoms with Gasteiger partial charge in [-0.1, -0.05) is 23.8 Å². The summed E-state index contributed by atoms with van der Waals surface area (Å²) in [6.07, 6.45) is 2.09. The van der Waals surface area contributed by atoms with E-state index >= 15 is 0 Å². The quantitative estimate of drug-likeness (QED) is 0.354. The van der Waals surface area contributed by atoms with Crippen LogP contribution in [-0.4, -0.2) is 16.7 Å². The van der Waals surface area contributed by atoms with Crippen LogP contribution in [-0.2, 0) is 0 Å². The van der Waals surface area contributed by atoms with Gasteiger partial charge in [-0.25, -0.2) is 4.79 Å². The molecule has 2 N–H and O–H groups in total. The smallest absolute Gasteiger partial charge is 0.406 e. The van der Waals surface area contributed by atoms with Gasteiger partial charge in [0.1, 0.15) is 5.50 Å². The van der Waals surface area contributed by atoms with Gasteiger partial charge in [0.2, 0.25) is 0 Å². The van der Waals surface area contributed by atoms with Gasteiger partial charge in [0, 0.05) is 0 Å². The Morgan fingerprint density at radius 2 is 2.44 bits per heavy atom. The Kier molecular flexibility index (Phi) is 3.88. The SMILES string of the molecule is C/C=C/C(Cl)NC(=O)O. The van der Waals surface area contributed by atoms with Gasteiger partial charge in [-0.2, -0.15) is 0 Å². The van der Waals surface area contributed by atoms with Gasteiger partial charge in [-0.15, -0.1) is 0 Å². The summed E-state index contributed by atoms with van der Waals surface area (Å²) in [6, 6.07) is 0. The van der Waals surface area contributed by atoms with E-state index < -0.39 is 11.6 Å². The van der Waals surface area contributed by atoms with Gasteiger partial charge < -0.3 is 10.4 Å². The maximum absolute atomic E-state index is 9.86. The number of hydrogen-bond donors (Lipinski definition) is 2. The zero-order valence-electron chi connectivity index (χ0n) is 4.97. The first-order chi connectivity index (χ1) is 4.16. The van der Waals surface area contributed by atoms with Crippen LogP contribution in [0.1, 0.15) is 6.92 Å². The monoisotopic (exact) mass is 149 g/mol. The van der Waals surface area contributed by atoms with Crippen molar-refractivity contribution in [1.82, 2.24) is 5.32 Å². The Bertz CT molecular complexity index is 124. The molecule has 0 radical (unpaired) electrons. The van der Waals surface area contributed by atoms with Crippen molar-refractivity contribution >= 4 is 17.7 Å². The summed E-state index contributed by atoms with van der Waals surface area (Å²) in [6.45, 7) is 1.76. The summed E-state index contributed by atoms with van der Waals surface area (Å²) >= 11 is 5.40. The van der Waals surface area contributed by atoms with E-state index in [9.17, 15) is 4.79 Å². The minimum atomic E-state index is -1.12. The molecule has 0 heterocycles. The Morgan fingerprint density at radius 1 is 1.89 bits per heavy atom. The summed E-state index contributed by atoms with van der Waals surface area (Å²) in [7, 11) is 0. The molecule has 0 bridgehead atoms. The van der Waals surface area contributed by atoms with Crippen molar-refractivity contribution in [3.63, 3.8) is 0 Å². The predicted octanol–water partition coefficient (Wildman–Crippen LogP) is 1.40. The fourth-order valence-electron chi connectivity index (χ4n) is 0.335. The third-order valence-electron chi connectivity index (χ3n) is 0.623. The number of halogens is 1. The second-order valence-electron chi connectivity index (χ2n) is 1.38. The number of alkyl halides is 1. The second-order valence-corrected chi connectivity index (χ2v) is 1.85. The molecular weight excluding hydrogens is 142 g/mol. The van der Waals surface area contributed by atoms with Gasteiger partial charge >= 0.3 is 6.09 Å². The number of carboxylic acid groups (broad SMARTS) is 1. The highest BCUT2D eigenvalue weighted by Gasteiger charge is 1.99. The summed E-state index contributed by atoms with van der Waals surface area (Å²) in [4.78, 5) is 9.86. The van der Waals surface area contributed by atoms with Gasteiger partial charge in [-0.05, 0) is 6.92 Å². The molecule has 0 aliphatic heterocycles. The molecule has 0 spiro atoms. The molecule has 1 atom stereocenters. The topological polar surface area (TPSA) is 49.3 Å². The largest absolute Gasteiger partial charge is 0.465 e. The van der Waals surface area contributed by atoms with Crippen molar-refractivity contribution < 1.29 is 9.90 Å². The number of rotatable bonds is 2. The third kappa shape index (κ3) is 5.17. The molecule has 52 valence electrons. The molecule has 0 saturated carbocycles. The lowest BCUT2D eigenvalue weighted by Gasteiger charge is -2.00. The van der Waals surface area contributed by atoms with E-state index in [0.29, 0.717) is 0 Å². The van der Waals surface area contributed by atoms with E-state index in [2.05, 4.69) is 0 Å². The molecule has 0 aromatic rings.